The summed E-state index contributed by atoms with van der Waals surface area (Å²) in [6.07, 6.45) is 7.22. The normalized spacial score (nSPS) is 21.1. The van der Waals surface area contributed by atoms with Crippen LogP contribution < -0.4 is 5.32 Å². The van der Waals surface area contributed by atoms with Crippen molar-refractivity contribution in [3.8, 4) is 0 Å². The molecule has 0 aliphatic carbocycles. The highest BCUT2D eigenvalue weighted by molar-refractivity contribution is 5.92. The molecule has 2 fully saturated rings. The van der Waals surface area contributed by atoms with E-state index in [9.17, 15) is 9.59 Å². The van der Waals surface area contributed by atoms with E-state index in [-0.39, 0.29) is 18.4 Å². The predicted octanol–water partition coefficient (Wildman–Crippen LogP) is 0.131. The first-order valence-electron chi connectivity index (χ1n) is 9.87. The number of piperidine rings is 1. The molecule has 1 aromatic rings. The zero-order valence-corrected chi connectivity index (χ0v) is 16.1. The topological polar surface area (TPSA) is 92.6 Å². The Morgan fingerprint density at radius 2 is 2.00 bits per heavy atom. The fourth-order valence-corrected chi connectivity index (χ4v) is 3.71. The van der Waals surface area contributed by atoms with Crippen LogP contribution in [0.25, 0.3) is 0 Å². The number of carbonyl (C=O) groups is 2. The van der Waals surface area contributed by atoms with Crippen molar-refractivity contribution in [2.24, 2.45) is 0 Å². The lowest BCUT2D eigenvalue weighted by molar-refractivity contribution is -0.135. The van der Waals surface area contributed by atoms with Crippen LogP contribution in [-0.4, -0.2) is 89.1 Å². The Morgan fingerprint density at radius 3 is 2.78 bits per heavy atom. The molecule has 0 bridgehead atoms. The van der Waals surface area contributed by atoms with Crippen LogP contribution in [0.15, 0.2) is 6.20 Å². The molecule has 3 rings (SSSR count). The molecule has 0 unspecified atom stereocenters. The number of hydrogen-bond donors (Lipinski definition) is 1. The van der Waals surface area contributed by atoms with Gasteiger partial charge in [0.05, 0.1) is 6.20 Å². The maximum absolute atomic E-state index is 12.7. The van der Waals surface area contributed by atoms with Gasteiger partial charge in [-0.1, -0.05) is 11.6 Å². The summed E-state index contributed by atoms with van der Waals surface area (Å²) in [6, 6.07) is 0.531. The van der Waals surface area contributed by atoms with Gasteiger partial charge in [0.1, 0.15) is 6.61 Å². The van der Waals surface area contributed by atoms with Crippen molar-refractivity contribution in [1.29, 1.82) is 0 Å². The smallest absolute Gasteiger partial charge is 0.276 e. The van der Waals surface area contributed by atoms with Crippen molar-refractivity contribution in [2.45, 2.75) is 44.7 Å². The van der Waals surface area contributed by atoms with E-state index in [0.717, 1.165) is 25.9 Å². The van der Waals surface area contributed by atoms with E-state index in [4.69, 9.17) is 4.74 Å². The van der Waals surface area contributed by atoms with Gasteiger partial charge in [-0.25, -0.2) is 0 Å². The number of nitrogens with one attached hydrogen (secondary N) is 1. The van der Waals surface area contributed by atoms with Gasteiger partial charge >= 0.3 is 0 Å². The molecule has 1 aromatic heterocycles. The van der Waals surface area contributed by atoms with Gasteiger partial charge in [0.25, 0.3) is 5.91 Å². The van der Waals surface area contributed by atoms with Crippen LogP contribution in [0, 0.1) is 0 Å². The van der Waals surface area contributed by atoms with Crippen molar-refractivity contribution in [2.75, 3.05) is 46.4 Å². The summed E-state index contributed by atoms with van der Waals surface area (Å²) in [5.74, 6) is -0.146. The molecule has 9 heteroatoms. The number of methoxy groups -OCH3 is 1. The summed E-state index contributed by atoms with van der Waals surface area (Å²) < 4.78 is 6.67. The minimum Gasteiger partial charge on any atom is -0.375 e. The molecule has 2 saturated heterocycles. The molecule has 2 aliphatic rings. The average molecular weight is 378 g/mol. The Labute approximate surface area is 160 Å². The molecular formula is C18H30N6O3. The number of ether oxygens (including phenoxy) is 1. The van der Waals surface area contributed by atoms with Gasteiger partial charge in [-0.05, 0) is 32.2 Å². The third-order valence-electron chi connectivity index (χ3n) is 5.28. The van der Waals surface area contributed by atoms with Crippen LogP contribution in [0.5, 0.6) is 0 Å². The molecular weight excluding hydrogens is 348 g/mol. The average Bonchev–Trinajstić information content (AvgIpc) is 3.02. The van der Waals surface area contributed by atoms with Crippen molar-refractivity contribution in [1.82, 2.24) is 30.1 Å². The van der Waals surface area contributed by atoms with Crippen LogP contribution in [0.4, 0.5) is 0 Å². The van der Waals surface area contributed by atoms with Gasteiger partial charge < -0.3 is 19.9 Å². The predicted molar refractivity (Wildman–Crippen MR) is 99.3 cm³/mol. The number of aryl methyl sites for hydroxylation is 1. The second-order valence-corrected chi connectivity index (χ2v) is 7.26. The Hall–Kier alpha value is -2.00. The lowest BCUT2D eigenvalue weighted by Crippen LogP contribution is -2.38. The summed E-state index contributed by atoms with van der Waals surface area (Å²) in [5, 5.41) is 11.7. The number of aromatic nitrogens is 3. The van der Waals surface area contributed by atoms with Crippen molar-refractivity contribution < 1.29 is 14.3 Å². The highest BCUT2D eigenvalue weighted by Gasteiger charge is 2.24. The molecule has 0 radical (unpaired) electrons. The van der Waals surface area contributed by atoms with Gasteiger partial charge in [-0.2, -0.15) is 0 Å². The zero-order valence-electron chi connectivity index (χ0n) is 16.1. The molecule has 2 amide bonds. The zero-order chi connectivity index (χ0) is 19.1. The van der Waals surface area contributed by atoms with Gasteiger partial charge in [-0.3, -0.25) is 14.3 Å². The summed E-state index contributed by atoms with van der Waals surface area (Å²) in [6.45, 7) is 4.23. The Morgan fingerprint density at radius 1 is 1.19 bits per heavy atom. The van der Waals surface area contributed by atoms with Crippen LogP contribution in [0.1, 0.15) is 42.6 Å². The number of hydrogen-bond acceptors (Lipinski definition) is 6. The molecule has 0 saturated carbocycles. The molecule has 0 aromatic carbocycles. The Balaban J connectivity index is 1.50. The number of nitrogens with zero attached hydrogens (tertiary/aromatic N) is 5. The van der Waals surface area contributed by atoms with Gasteiger partial charge in [-0.15, -0.1) is 5.10 Å². The summed E-state index contributed by atoms with van der Waals surface area (Å²) in [7, 11) is 1.51. The van der Waals surface area contributed by atoms with Gasteiger partial charge in [0.2, 0.25) is 5.91 Å². The monoisotopic (exact) mass is 378 g/mol. The lowest BCUT2D eigenvalue weighted by Gasteiger charge is -2.23. The number of carbonyl (C=O) groups excluding carboxylic acids is 2. The first kappa shape index (κ1) is 19.8. The maximum Gasteiger partial charge on any atom is 0.276 e. The maximum atomic E-state index is 12.7. The van der Waals surface area contributed by atoms with Crippen LogP contribution in [-0.2, 0) is 16.1 Å². The number of rotatable bonds is 6. The molecule has 1 N–H and O–H groups in total. The van der Waals surface area contributed by atoms with E-state index < -0.39 is 0 Å². The third kappa shape index (κ3) is 5.49. The Bertz CT molecular complexity index is 628. The SMILES string of the molecule is COCC(=O)N1CCCN(C(=O)c2cn(CC[C@H]3CCCCN3)nn2)CC1. The molecule has 1 atom stereocenters. The van der Waals surface area contributed by atoms with Gasteiger partial charge in [0, 0.05) is 45.9 Å². The fourth-order valence-electron chi connectivity index (χ4n) is 3.71. The van der Waals surface area contributed by atoms with E-state index >= 15 is 0 Å². The highest BCUT2D eigenvalue weighted by Crippen LogP contribution is 2.12. The third-order valence-corrected chi connectivity index (χ3v) is 5.28. The van der Waals surface area contributed by atoms with Crippen LogP contribution in [0.3, 0.4) is 0 Å². The quantitative estimate of drug-likeness (QED) is 0.757. The van der Waals surface area contributed by atoms with E-state index in [0.29, 0.717) is 37.9 Å². The number of amides is 2. The van der Waals surface area contributed by atoms with E-state index in [1.54, 1.807) is 20.7 Å². The first-order chi connectivity index (χ1) is 13.2. The molecule has 2 aliphatic heterocycles. The molecule has 3 heterocycles. The fraction of sp³-hybridized carbons (Fsp3) is 0.778. The molecule has 150 valence electrons. The van der Waals surface area contributed by atoms with Crippen LogP contribution in [0.2, 0.25) is 0 Å². The second kappa shape index (κ2) is 9.80. The molecule has 9 nitrogen and oxygen atoms in total. The lowest BCUT2D eigenvalue weighted by atomic mass is 10.0. The minimum absolute atomic E-state index is 0.0333. The van der Waals surface area contributed by atoms with Crippen molar-refractivity contribution in [3.63, 3.8) is 0 Å². The van der Waals surface area contributed by atoms with E-state index in [1.165, 1.54) is 26.4 Å². The van der Waals surface area contributed by atoms with E-state index in [1.807, 2.05) is 0 Å². The van der Waals surface area contributed by atoms with Crippen molar-refractivity contribution in [3.05, 3.63) is 11.9 Å². The summed E-state index contributed by atoms with van der Waals surface area (Å²) in [4.78, 5) is 28.2. The minimum atomic E-state index is -0.113. The summed E-state index contributed by atoms with van der Waals surface area (Å²) >= 11 is 0. The van der Waals surface area contributed by atoms with Gasteiger partial charge in [0.15, 0.2) is 5.69 Å². The summed E-state index contributed by atoms with van der Waals surface area (Å²) in [5.41, 5.74) is 0.378. The first-order valence-corrected chi connectivity index (χ1v) is 9.87. The molecule has 0 spiro atoms. The standard InChI is InChI=1S/C18H30N6O3/c1-27-14-17(25)22-8-4-9-23(12-11-22)18(26)16-13-24(21-20-16)10-6-15-5-2-3-7-19-15/h13,15,19H,2-12,14H2,1H3/t15-/m1/s1. The second-order valence-electron chi connectivity index (χ2n) is 7.26. The Kier molecular flexibility index (Phi) is 7.17. The van der Waals surface area contributed by atoms with Crippen molar-refractivity contribution >= 4 is 11.8 Å². The van der Waals surface area contributed by atoms with Crippen LogP contribution >= 0.6 is 0 Å². The molecule has 27 heavy (non-hydrogen) atoms. The largest absolute Gasteiger partial charge is 0.375 e. The van der Waals surface area contributed by atoms with E-state index in [2.05, 4.69) is 15.6 Å². The highest BCUT2D eigenvalue weighted by atomic mass is 16.5.